The molecule has 3 rings (SSSR count). The highest BCUT2D eigenvalue weighted by Gasteiger charge is 2.27. The second-order valence-electron chi connectivity index (χ2n) is 4.74. The molecule has 2 heterocycles. The SMILES string of the molecule is NC(=O)N(Cc1ccncc1)c1cc(C2CC2)[nH]n1. The summed E-state index contributed by atoms with van der Waals surface area (Å²) in [4.78, 5) is 17.0. The van der Waals surface area contributed by atoms with Gasteiger partial charge in [-0.25, -0.2) is 4.79 Å². The number of pyridine rings is 1. The molecule has 0 saturated heterocycles. The fraction of sp³-hybridized carbons (Fsp3) is 0.308. The van der Waals surface area contributed by atoms with E-state index in [-0.39, 0.29) is 0 Å². The number of aromatic amines is 1. The van der Waals surface area contributed by atoms with Gasteiger partial charge in [-0.2, -0.15) is 5.10 Å². The van der Waals surface area contributed by atoms with Gasteiger partial charge in [0.25, 0.3) is 0 Å². The van der Waals surface area contributed by atoms with Gasteiger partial charge < -0.3 is 5.73 Å². The van der Waals surface area contributed by atoms with Gasteiger partial charge in [0, 0.05) is 30.1 Å². The third kappa shape index (κ3) is 2.57. The lowest BCUT2D eigenvalue weighted by Crippen LogP contribution is -2.35. The Labute approximate surface area is 110 Å². The van der Waals surface area contributed by atoms with E-state index in [2.05, 4.69) is 15.2 Å². The van der Waals surface area contributed by atoms with Crippen molar-refractivity contribution in [3.63, 3.8) is 0 Å². The molecule has 2 amide bonds. The Morgan fingerprint density at radius 2 is 2.16 bits per heavy atom. The first kappa shape index (κ1) is 11.7. The number of hydrogen-bond acceptors (Lipinski definition) is 3. The minimum Gasteiger partial charge on any atom is -0.351 e. The smallest absolute Gasteiger partial charge is 0.320 e. The first-order chi connectivity index (χ1) is 9.24. The number of rotatable bonds is 4. The van der Waals surface area contributed by atoms with Gasteiger partial charge in [0.1, 0.15) is 0 Å². The number of primary amides is 1. The van der Waals surface area contributed by atoms with Gasteiger partial charge in [0.15, 0.2) is 5.82 Å². The minimum absolute atomic E-state index is 0.396. The highest BCUT2D eigenvalue weighted by molar-refractivity contribution is 5.89. The molecule has 3 N–H and O–H groups in total. The normalized spacial score (nSPS) is 14.3. The summed E-state index contributed by atoms with van der Waals surface area (Å²) in [6, 6.07) is 5.10. The number of carbonyl (C=O) groups excluding carboxylic acids is 1. The largest absolute Gasteiger partial charge is 0.351 e. The van der Waals surface area contributed by atoms with Crippen molar-refractivity contribution in [2.24, 2.45) is 5.73 Å². The lowest BCUT2D eigenvalue weighted by atomic mass is 10.2. The maximum Gasteiger partial charge on any atom is 0.320 e. The van der Waals surface area contributed by atoms with Crippen LogP contribution in [-0.4, -0.2) is 21.2 Å². The number of urea groups is 1. The van der Waals surface area contributed by atoms with E-state index in [1.165, 1.54) is 17.7 Å². The van der Waals surface area contributed by atoms with Crippen LogP contribution in [0.5, 0.6) is 0 Å². The van der Waals surface area contributed by atoms with Gasteiger partial charge in [-0.1, -0.05) is 0 Å². The van der Waals surface area contributed by atoms with E-state index < -0.39 is 6.03 Å². The molecule has 0 atom stereocenters. The number of amides is 2. The van der Waals surface area contributed by atoms with E-state index in [9.17, 15) is 4.79 Å². The second-order valence-corrected chi connectivity index (χ2v) is 4.74. The lowest BCUT2D eigenvalue weighted by molar-refractivity contribution is 0.253. The first-order valence-electron chi connectivity index (χ1n) is 6.25. The Morgan fingerprint density at radius 3 is 2.79 bits per heavy atom. The Kier molecular flexibility index (Phi) is 2.91. The zero-order chi connectivity index (χ0) is 13.2. The number of aromatic nitrogens is 3. The first-order valence-corrected chi connectivity index (χ1v) is 6.25. The second kappa shape index (κ2) is 4.72. The standard InChI is InChI=1S/C13H15N5O/c14-13(19)18(8-9-3-5-15-6-4-9)12-7-11(16-17-12)10-1-2-10/h3-7,10H,1-2,8H2,(H2,14,19)(H,16,17). The van der Waals surface area contributed by atoms with E-state index in [0.29, 0.717) is 18.3 Å². The molecule has 2 aromatic heterocycles. The molecular weight excluding hydrogens is 242 g/mol. The van der Waals surface area contributed by atoms with E-state index in [1.54, 1.807) is 12.4 Å². The van der Waals surface area contributed by atoms with Crippen molar-refractivity contribution in [3.05, 3.63) is 41.9 Å². The number of hydrogen-bond donors (Lipinski definition) is 2. The van der Waals surface area contributed by atoms with Crippen molar-refractivity contribution in [1.82, 2.24) is 15.2 Å². The van der Waals surface area contributed by atoms with Crippen LogP contribution in [0, 0.1) is 0 Å². The van der Waals surface area contributed by atoms with E-state index in [4.69, 9.17) is 5.73 Å². The van der Waals surface area contributed by atoms with Crippen molar-refractivity contribution < 1.29 is 4.79 Å². The van der Waals surface area contributed by atoms with Crippen LogP contribution < -0.4 is 10.6 Å². The zero-order valence-corrected chi connectivity index (χ0v) is 10.4. The summed E-state index contributed by atoms with van der Waals surface area (Å²) in [5, 5.41) is 7.16. The molecule has 19 heavy (non-hydrogen) atoms. The molecule has 0 spiro atoms. The Bertz CT molecular complexity index is 576. The van der Waals surface area contributed by atoms with Crippen molar-refractivity contribution >= 4 is 11.8 Å². The van der Waals surface area contributed by atoms with E-state index in [0.717, 1.165) is 11.3 Å². The number of nitrogens with zero attached hydrogens (tertiary/aromatic N) is 3. The molecule has 0 aliphatic heterocycles. The highest BCUT2D eigenvalue weighted by atomic mass is 16.2. The molecule has 98 valence electrons. The Hall–Kier alpha value is -2.37. The maximum atomic E-state index is 11.6. The Morgan fingerprint density at radius 1 is 1.42 bits per heavy atom. The molecule has 6 nitrogen and oxygen atoms in total. The molecule has 0 unspecified atom stereocenters. The summed E-state index contributed by atoms with van der Waals surface area (Å²) in [5.74, 6) is 1.14. The summed E-state index contributed by atoms with van der Waals surface area (Å²) in [6.45, 7) is 0.396. The molecule has 0 radical (unpaired) electrons. The molecule has 1 aliphatic rings. The average molecular weight is 257 g/mol. The molecular formula is C13H15N5O. The van der Waals surface area contributed by atoms with Crippen LogP contribution in [0.25, 0.3) is 0 Å². The van der Waals surface area contributed by atoms with Crippen LogP contribution in [0.4, 0.5) is 10.6 Å². The molecule has 0 bridgehead atoms. The molecule has 0 aromatic carbocycles. The van der Waals surface area contributed by atoms with Crippen molar-refractivity contribution in [2.75, 3.05) is 4.90 Å². The van der Waals surface area contributed by atoms with Crippen LogP contribution in [0.15, 0.2) is 30.6 Å². The number of nitrogens with two attached hydrogens (primary N) is 1. The number of nitrogens with one attached hydrogen (secondary N) is 1. The third-order valence-corrected chi connectivity index (χ3v) is 3.23. The summed E-state index contributed by atoms with van der Waals surface area (Å²) in [6.07, 6.45) is 5.74. The van der Waals surface area contributed by atoms with Gasteiger partial charge in [0.05, 0.1) is 6.54 Å². The number of H-pyrrole nitrogens is 1. The van der Waals surface area contributed by atoms with Gasteiger partial charge in [0.2, 0.25) is 0 Å². The lowest BCUT2D eigenvalue weighted by Gasteiger charge is -2.17. The van der Waals surface area contributed by atoms with Gasteiger partial charge in [-0.05, 0) is 30.5 Å². The van der Waals surface area contributed by atoms with Gasteiger partial charge in [-0.3, -0.25) is 15.0 Å². The van der Waals surface area contributed by atoms with Gasteiger partial charge >= 0.3 is 6.03 Å². The van der Waals surface area contributed by atoms with Crippen molar-refractivity contribution in [3.8, 4) is 0 Å². The summed E-state index contributed by atoms with van der Waals surface area (Å²) in [7, 11) is 0. The predicted octanol–water partition coefficient (Wildman–Crippen LogP) is 1.77. The van der Waals surface area contributed by atoms with Gasteiger partial charge in [-0.15, -0.1) is 0 Å². The van der Waals surface area contributed by atoms with Crippen LogP contribution in [-0.2, 0) is 6.54 Å². The summed E-state index contributed by atoms with van der Waals surface area (Å²) >= 11 is 0. The third-order valence-electron chi connectivity index (χ3n) is 3.23. The van der Waals surface area contributed by atoms with Crippen molar-refractivity contribution in [2.45, 2.75) is 25.3 Å². The fourth-order valence-electron chi connectivity index (χ4n) is 2.01. The fourth-order valence-corrected chi connectivity index (χ4v) is 2.01. The Balaban J connectivity index is 1.81. The molecule has 1 aliphatic carbocycles. The molecule has 1 fully saturated rings. The summed E-state index contributed by atoms with van der Waals surface area (Å²) < 4.78 is 0. The van der Waals surface area contributed by atoms with Crippen molar-refractivity contribution in [1.29, 1.82) is 0 Å². The zero-order valence-electron chi connectivity index (χ0n) is 10.4. The summed E-state index contributed by atoms with van der Waals surface area (Å²) in [5.41, 5.74) is 7.48. The average Bonchev–Trinajstić information content (AvgIpc) is 3.16. The minimum atomic E-state index is -0.509. The number of anilines is 1. The van der Waals surface area contributed by atoms with Crippen LogP contribution in [0.1, 0.15) is 30.0 Å². The van der Waals surface area contributed by atoms with E-state index in [1.807, 2.05) is 18.2 Å². The molecule has 1 saturated carbocycles. The van der Waals surface area contributed by atoms with Crippen LogP contribution in [0.2, 0.25) is 0 Å². The van der Waals surface area contributed by atoms with Crippen LogP contribution in [0.3, 0.4) is 0 Å². The monoisotopic (exact) mass is 257 g/mol. The topological polar surface area (TPSA) is 87.9 Å². The maximum absolute atomic E-state index is 11.6. The number of carbonyl (C=O) groups is 1. The highest BCUT2D eigenvalue weighted by Crippen LogP contribution is 2.39. The quantitative estimate of drug-likeness (QED) is 0.874. The van der Waals surface area contributed by atoms with E-state index >= 15 is 0 Å². The molecule has 6 heteroatoms. The predicted molar refractivity (Wildman–Crippen MR) is 70.6 cm³/mol. The van der Waals surface area contributed by atoms with Crippen LogP contribution >= 0.6 is 0 Å². The molecule has 2 aromatic rings.